The summed E-state index contributed by atoms with van der Waals surface area (Å²) < 4.78 is 1.76. The second kappa shape index (κ2) is 7.23. The summed E-state index contributed by atoms with van der Waals surface area (Å²) in [6.07, 6.45) is 0.121. The Morgan fingerprint density at radius 2 is 1.88 bits per heavy atom. The molecule has 0 aliphatic heterocycles. The third-order valence-electron chi connectivity index (χ3n) is 3.71. The van der Waals surface area contributed by atoms with Crippen LogP contribution in [0.3, 0.4) is 0 Å². The second-order valence-corrected chi connectivity index (χ2v) is 5.84. The van der Waals surface area contributed by atoms with Crippen LogP contribution in [-0.2, 0) is 6.42 Å². The standard InChI is InChI=1S/C18H21N5O/c1-13-10-14(2)23(22-13)18-9-8-17(20-21-18)19-12-16(24)11-15-6-4-3-5-7-15/h3-10,16,24H,11-12H2,1-2H3,(H,19,20). The largest absolute Gasteiger partial charge is 0.391 e. The van der Waals surface area contributed by atoms with E-state index in [9.17, 15) is 5.11 Å². The van der Waals surface area contributed by atoms with E-state index >= 15 is 0 Å². The maximum atomic E-state index is 10.1. The van der Waals surface area contributed by atoms with Crippen LogP contribution in [0.15, 0.2) is 48.5 Å². The predicted molar refractivity (Wildman–Crippen MR) is 93.3 cm³/mol. The molecule has 3 rings (SSSR count). The van der Waals surface area contributed by atoms with Crippen LogP contribution in [0.2, 0.25) is 0 Å². The molecule has 0 aliphatic rings. The van der Waals surface area contributed by atoms with Crippen molar-refractivity contribution in [2.24, 2.45) is 0 Å². The zero-order valence-corrected chi connectivity index (χ0v) is 13.8. The quantitative estimate of drug-likeness (QED) is 0.728. The molecule has 0 spiro atoms. The molecule has 6 nitrogen and oxygen atoms in total. The Balaban J connectivity index is 1.57. The van der Waals surface area contributed by atoms with Gasteiger partial charge in [-0.2, -0.15) is 5.10 Å². The van der Waals surface area contributed by atoms with Crippen molar-refractivity contribution in [2.45, 2.75) is 26.4 Å². The highest BCUT2D eigenvalue weighted by atomic mass is 16.3. The normalized spacial score (nSPS) is 12.1. The molecule has 24 heavy (non-hydrogen) atoms. The molecule has 2 N–H and O–H groups in total. The van der Waals surface area contributed by atoms with E-state index in [0.717, 1.165) is 17.0 Å². The van der Waals surface area contributed by atoms with Gasteiger partial charge in [-0.1, -0.05) is 30.3 Å². The number of anilines is 1. The Labute approximate surface area is 141 Å². The molecule has 0 fully saturated rings. The number of hydrogen-bond acceptors (Lipinski definition) is 5. The molecule has 1 unspecified atom stereocenters. The zero-order valence-electron chi connectivity index (χ0n) is 13.8. The molecule has 0 saturated heterocycles. The van der Waals surface area contributed by atoms with E-state index in [4.69, 9.17) is 0 Å². The number of aromatic nitrogens is 4. The first-order valence-corrected chi connectivity index (χ1v) is 7.95. The van der Waals surface area contributed by atoms with Gasteiger partial charge in [0.15, 0.2) is 5.82 Å². The van der Waals surface area contributed by atoms with Gasteiger partial charge in [0.25, 0.3) is 0 Å². The van der Waals surface area contributed by atoms with E-state index in [0.29, 0.717) is 24.6 Å². The maximum Gasteiger partial charge on any atom is 0.176 e. The molecule has 1 aromatic carbocycles. The molecule has 0 bridgehead atoms. The summed E-state index contributed by atoms with van der Waals surface area (Å²) in [7, 11) is 0. The van der Waals surface area contributed by atoms with Crippen LogP contribution in [0.4, 0.5) is 5.82 Å². The van der Waals surface area contributed by atoms with Gasteiger partial charge in [0, 0.05) is 18.7 Å². The summed E-state index contributed by atoms with van der Waals surface area (Å²) >= 11 is 0. The Bertz CT molecular complexity index is 783. The summed E-state index contributed by atoms with van der Waals surface area (Å²) in [6, 6.07) is 15.6. The topological polar surface area (TPSA) is 75.9 Å². The molecule has 0 saturated carbocycles. The average molecular weight is 323 g/mol. The fourth-order valence-corrected chi connectivity index (χ4v) is 2.57. The fraction of sp³-hybridized carbons (Fsp3) is 0.278. The molecule has 0 radical (unpaired) electrons. The fourth-order valence-electron chi connectivity index (χ4n) is 2.57. The van der Waals surface area contributed by atoms with Crippen LogP contribution in [0.5, 0.6) is 0 Å². The summed E-state index contributed by atoms with van der Waals surface area (Å²) in [5, 5.41) is 25.9. The summed E-state index contributed by atoms with van der Waals surface area (Å²) in [4.78, 5) is 0. The number of benzene rings is 1. The van der Waals surface area contributed by atoms with Crippen molar-refractivity contribution >= 4 is 5.82 Å². The molecular weight excluding hydrogens is 302 g/mol. The first kappa shape index (κ1) is 16.1. The highest BCUT2D eigenvalue weighted by Crippen LogP contribution is 2.11. The van der Waals surface area contributed by atoms with E-state index in [1.165, 1.54) is 0 Å². The van der Waals surface area contributed by atoms with Crippen molar-refractivity contribution in [3.8, 4) is 5.82 Å². The van der Waals surface area contributed by atoms with Crippen LogP contribution in [-0.4, -0.2) is 37.7 Å². The molecule has 2 aromatic heterocycles. The van der Waals surface area contributed by atoms with Crippen molar-refractivity contribution in [1.82, 2.24) is 20.0 Å². The van der Waals surface area contributed by atoms with Gasteiger partial charge in [0.05, 0.1) is 11.8 Å². The van der Waals surface area contributed by atoms with Crippen molar-refractivity contribution in [1.29, 1.82) is 0 Å². The Morgan fingerprint density at radius 1 is 1.08 bits per heavy atom. The Morgan fingerprint density at radius 3 is 2.50 bits per heavy atom. The van der Waals surface area contributed by atoms with E-state index in [1.54, 1.807) is 4.68 Å². The van der Waals surface area contributed by atoms with E-state index in [1.807, 2.05) is 62.4 Å². The van der Waals surface area contributed by atoms with Gasteiger partial charge in [0.2, 0.25) is 0 Å². The number of aliphatic hydroxyl groups excluding tert-OH is 1. The minimum absolute atomic E-state index is 0.419. The molecule has 1 atom stereocenters. The van der Waals surface area contributed by atoms with E-state index < -0.39 is 6.10 Å². The van der Waals surface area contributed by atoms with Gasteiger partial charge in [0.1, 0.15) is 5.82 Å². The van der Waals surface area contributed by atoms with Crippen molar-refractivity contribution in [2.75, 3.05) is 11.9 Å². The first-order chi connectivity index (χ1) is 11.6. The van der Waals surface area contributed by atoms with Crippen molar-refractivity contribution < 1.29 is 5.11 Å². The van der Waals surface area contributed by atoms with Gasteiger partial charge in [-0.05, 0) is 37.6 Å². The van der Waals surface area contributed by atoms with Crippen LogP contribution in [0.1, 0.15) is 17.0 Å². The number of rotatable bonds is 6. The molecule has 3 aromatic rings. The van der Waals surface area contributed by atoms with Gasteiger partial charge in [-0.25, -0.2) is 4.68 Å². The van der Waals surface area contributed by atoms with E-state index in [-0.39, 0.29) is 0 Å². The van der Waals surface area contributed by atoms with Gasteiger partial charge in [-0.3, -0.25) is 0 Å². The van der Waals surface area contributed by atoms with Crippen molar-refractivity contribution in [3.63, 3.8) is 0 Å². The van der Waals surface area contributed by atoms with Crippen LogP contribution in [0.25, 0.3) is 5.82 Å². The Kier molecular flexibility index (Phi) is 4.86. The summed E-state index contributed by atoms with van der Waals surface area (Å²) in [5.41, 5.74) is 3.07. The lowest BCUT2D eigenvalue weighted by Gasteiger charge is -2.12. The lowest BCUT2D eigenvalue weighted by molar-refractivity contribution is 0.188. The molecule has 6 heteroatoms. The predicted octanol–water partition coefficient (Wildman–Crippen LogP) is 2.29. The number of aliphatic hydroxyl groups is 1. The zero-order chi connectivity index (χ0) is 16.9. The second-order valence-electron chi connectivity index (χ2n) is 5.84. The van der Waals surface area contributed by atoms with Crippen molar-refractivity contribution in [3.05, 3.63) is 65.5 Å². The number of nitrogens with zero attached hydrogens (tertiary/aromatic N) is 4. The Hall–Kier alpha value is -2.73. The number of aryl methyl sites for hydroxylation is 2. The molecule has 124 valence electrons. The van der Waals surface area contributed by atoms with E-state index in [2.05, 4.69) is 20.6 Å². The van der Waals surface area contributed by atoms with Gasteiger partial charge >= 0.3 is 0 Å². The lowest BCUT2D eigenvalue weighted by Crippen LogP contribution is -2.22. The average Bonchev–Trinajstić information content (AvgIpc) is 2.93. The SMILES string of the molecule is Cc1cc(C)n(-c2ccc(NCC(O)Cc3ccccc3)nn2)n1. The van der Waals surface area contributed by atoms with Crippen LogP contribution in [0, 0.1) is 13.8 Å². The first-order valence-electron chi connectivity index (χ1n) is 7.95. The summed E-state index contributed by atoms with van der Waals surface area (Å²) in [6.45, 7) is 4.34. The maximum absolute atomic E-state index is 10.1. The van der Waals surface area contributed by atoms with Gasteiger partial charge < -0.3 is 10.4 Å². The third kappa shape index (κ3) is 3.97. The van der Waals surface area contributed by atoms with Crippen LogP contribution >= 0.6 is 0 Å². The minimum Gasteiger partial charge on any atom is -0.391 e. The highest BCUT2D eigenvalue weighted by Gasteiger charge is 2.08. The lowest BCUT2D eigenvalue weighted by atomic mass is 10.1. The summed E-state index contributed by atoms with van der Waals surface area (Å²) in [5.74, 6) is 1.31. The highest BCUT2D eigenvalue weighted by molar-refractivity contribution is 5.37. The number of nitrogens with one attached hydrogen (secondary N) is 1. The molecule has 2 heterocycles. The smallest absolute Gasteiger partial charge is 0.176 e. The minimum atomic E-state index is -0.482. The van der Waals surface area contributed by atoms with Gasteiger partial charge in [-0.15, -0.1) is 10.2 Å². The third-order valence-corrected chi connectivity index (χ3v) is 3.71. The molecule has 0 amide bonds. The molecule has 0 aliphatic carbocycles. The van der Waals surface area contributed by atoms with Crippen LogP contribution < -0.4 is 5.32 Å². The monoisotopic (exact) mass is 323 g/mol. The molecular formula is C18H21N5O. The number of hydrogen-bond donors (Lipinski definition) is 2.